The number of halogens is 1. The number of amides is 1. The van der Waals surface area contributed by atoms with Crippen LogP contribution in [0.4, 0.5) is 10.1 Å². The normalized spacial score (nSPS) is 19.8. The van der Waals surface area contributed by atoms with Gasteiger partial charge in [0.2, 0.25) is 5.91 Å². The summed E-state index contributed by atoms with van der Waals surface area (Å²) >= 11 is 0. The molecule has 1 aromatic carbocycles. The predicted molar refractivity (Wildman–Crippen MR) is 109 cm³/mol. The van der Waals surface area contributed by atoms with Gasteiger partial charge in [0.05, 0.1) is 6.20 Å². The largest absolute Gasteiger partial charge is 0.382 e. The Morgan fingerprint density at radius 1 is 1.39 bits per heavy atom. The van der Waals surface area contributed by atoms with Crippen LogP contribution in [0.5, 0.6) is 0 Å². The molecule has 0 aliphatic carbocycles. The maximum absolute atomic E-state index is 13.5. The molecular formula is C22H31FN4O. The number of aromatic nitrogens is 2. The van der Waals surface area contributed by atoms with Crippen molar-refractivity contribution in [3.8, 4) is 0 Å². The highest BCUT2D eigenvalue weighted by Gasteiger charge is 2.31. The quantitative estimate of drug-likeness (QED) is 0.786. The number of piperidine rings is 1. The van der Waals surface area contributed by atoms with E-state index in [1.54, 1.807) is 10.7 Å². The van der Waals surface area contributed by atoms with Crippen LogP contribution in [-0.2, 0) is 18.3 Å². The van der Waals surface area contributed by atoms with E-state index in [-0.39, 0.29) is 17.8 Å². The topological polar surface area (TPSA) is 50.2 Å². The highest BCUT2D eigenvalue weighted by Crippen LogP contribution is 2.27. The molecule has 0 bridgehead atoms. The van der Waals surface area contributed by atoms with Crippen molar-refractivity contribution in [2.75, 3.05) is 18.4 Å². The summed E-state index contributed by atoms with van der Waals surface area (Å²) in [4.78, 5) is 14.8. The molecule has 6 heteroatoms. The van der Waals surface area contributed by atoms with Crippen LogP contribution in [0, 0.1) is 17.7 Å². The van der Waals surface area contributed by atoms with Gasteiger partial charge in [-0.25, -0.2) is 4.39 Å². The average Bonchev–Trinajstić information content (AvgIpc) is 3.06. The highest BCUT2D eigenvalue weighted by molar-refractivity contribution is 5.76. The van der Waals surface area contributed by atoms with Crippen LogP contribution in [0.3, 0.4) is 0 Å². The zero-order valence-corrected chi connectivity index (χ0v) is 17.1. The first-order valence-corrected chi connectivity index (χ1v) is 10.2. The molecule has 2 atom stereocenters. The van der Waals surface area contributed by atoms with Crippen molar-refractivity contribution in [3.63, 3.8) is 0 Å². The van der Waals surface area contributed by atoms with Crippen LogP contribution < -0.4 is 5.32 Å². The van der Waals surface area contributed by atoms with Crippen LogP contribution in [0.15, 0.2) is 36.7 Å². The van der Waals surface area contributed by atoms with Crippen molar-refractivity contribution in [2.24, 2.45) is 18.9 Å². The number of nitrogens with zero attached hydrogens (tertiary/aromatic N) is 3. The second-order valence-corrected chi connectivity index (χ2v) is 8.30. The van der Waals surface area contributed by atoms with Gasteiger partial charge in [-0.3, -0.25) is 9.48 Å². The summed E-state index contributed by atoms with van der Waals surface area (Å²) in [5, 5.41) is 7.67. The molecule has 1 aromatic heterocycles. The first kappa shape index (κ1) is 20.4. The number of anilines is 1. The third-order valence-corrected chi connectivity index (χ3v) is 5.42. The van der Waals surface area contributed by atoms with Crippen LogP contribution in [0.1, 0.15) is 38.7 Å². The Labute approximate surface area is 166 Å². The summed E-state index contributed by atoms with van der Waals surface area (Å²) < 4.78 is 15.3. The van der Waals surface area contributed by atoms with Gasteiger partial charge in [0, 0.05) is 44.5 Å². The lowest BCUT2D eigenvalue weighted by Crippen LogP contribution is -2.49. The molecule has 152 valence electrons. The summed E-state index contributed by atoms with van der Waals surface area (Å²) in [5.41, 5.74) is 1.91. The van der Waals surface area contributed by atoms with Gasteiger partial charge < -0.3 is 10.2 Å². The molecular weight excluding hydrogens is 355 g/mol. The average molecular weight is 387 g/mol. The number of nitrogens with one attached hydrogen (secondary N) is 1. The highest BCUT2D eigenvalue weighted by atomic mass is 19.1. The number of likely N-dealkylation sites (tertiary alicyclic amines) is 1. The molecule has 2 heterocycles. The van der Waals surface area contributed by atoms with Crippen molar-refractivity contribution in [1.29, 1.82) is 0 Å². The molecule has 28 heavy (non-hydrogen) atoms. The Morgan fingerprint density at radius 2 is 2.21 bits per heavy atom. The molecule has 5 nitrogen and oxygen atoms in total. The summed E-state index contributed by atoms with van der Waals surface area (Å²) in [6.45, 7) is 5.93. The molecule has 0 radical (unpaired) electrons. The molecule has 1 aliphatic rings. The Balaban J connectivity index is 1.59. The number of aryl methyl sites for hydroxylation is 2. The number of benzene rings is 1. The fourth-order valence-corrected chi connectivity index (χ4v) is 4.10. The lowest BCUT2D eigenvalue weighted by Gasteiger charge is -2.40. The zero-order chi connectivity index (χ0) is 20.1. The number of carbonyl (C=O) groups is 1. The molecule has 3 rings (SSSR count). The molecule has 1 fully saturated rings. The van der Waals surface area contributed by atoms with Gasteiger partial charge in [-0.15, -0.1) is 0 Å². The van der Waals surface area contributed by atoms with Crippen LogP contribution in [-0.4, -0.2) is 39.7 Å². The van der Waals surface area contributed by atoms with Gasteiger partial charge in [0.25, 0.3) is 0 Å². The number of rotatable bonds is 7. The maximum Gasteiger partial charge on any atom is 0.222 e. The van der Waals surface area contributed by atoms with E-state index in [4.69, 9.17) is 0 Å². The van der Waals surface area contributed by atoms with Crippen molar-refractivity contribution in [1.82, 2.24) is 14.7 Å². The summed E-state index contributed by atoms with van der Waals surface area (Å²) in [7, 11) is 1.89. The predicted octanol–water partition coefficient (Wildman–Crippen LogP) is 3.87. The van der Waals surface area contributed by atoms with E-state index in [9.17, 15) is 9.18 Å². The minimum absolute atomic E-state index is 0.210. The first-order chi connectivity index (χ1) is 13.4. The van der Waals surface area contributed by atoms with Crippen molar-refractivity contribution < 1.29 is 9.18 Å². The number of hydrogen-bond donors (Lipinski definition) is 1. The lowest BCUT2D eigenvalue weighted by atomic mass is 9.85. The summed E-state index contributed by atoms with van der Waals surface area (Å²) in [5.74, 6) is 0.891. The molecule has 0 spiro atoms. The smallest absolute Gasteiger partial charge is 0.222 e. The third kappa shape index (κ3) is 5.57. The molecule has 0 unspecified atom stereocenters. The van der Waals surface area contributed by atoms with Gasteiger partial charge >= 0.3 is 0 Å². The van der Waals surface area contributed by atoms with E-state index < -0.39 is 0 Å². The number of carbonyl (C=O) groups excluding carboxylic acids is 1. The lowest BCUT2D eigenvalue weighted by molar-refractivity contribution is -0.133. The van der Waals surface area contributed by atoms with Crippen LogP contribution in [0.25, 0.3) is 0 Å². The van der Waals surface area contributed by atoms with E-state index in [0.717, 1.165) is 43.6 Å². The zero-order valence-electron chi connectivity index (χ0n) is 17.1. The minimum atomic E-state index is -0.228. The Hall–Kier alpha value is -2.37. The fourth-order valence-electron chi connectivity index (χ4n) is 4.10. The van der Waals surface area contributed by atoms with Gasteiger partial charge in [-0.05, 0) is 54.9 Å². The maximum atomic E-state index is 13.5. The SMILES string of the molecule is CC(C)C[C@H]1CN(C(=O)CCc2cnn(C)c2)CC[C@H]1Nc1cccc(F)c1. The molecule has 0 saturated carbocycles. The second kappa shape index (κ2) is 9.22. The van der Waals surface area contributed by atoms with Crippen LogP contribution >= 0.6 is 0 Å². The molecule has 1 saturated heterocycles. The summed E-state index contributed by atoms with van der Waals surface area (Å²) in [6.07, 6.45) is 6.95. The van der Waals surface area contributed by atoms with E-state index >= 15 is 0 Å². The summed E-state index contributed by atoms with van der Waals surface area (Å²) in [6, 6.07) is 6.89. The van der Waals surface area contributed by atoms with Crippen molar-refractivity contribution in [2.45, 2.75) is 45.6 Å². The van der Waals surface area contributed by atoms with Gasteiger partial charge in [-0.1, -0.05) is 19.9 Å². The molecule has 1 aliphatic heterocycles. The van der Waals surface area contributed by atoms with E-state index in [1.165, 1.54) is 12.1 Å². The number of hydrogen-bond acceptors (Lipinski definition) is 3. The molecule has 2 aromatic rings. The van der Waals surface area contributed by atoms with E-state index in [1.807, 2.05) is 30.4 Å². The van der Waals surface area contributed by atoms with Gasteiger partial charge in [-0.2, -0.15) is 5.10 Å². The molecule has 1 N–H and O–H groups in total. The van der Waals surface area contributed by atoms with E-state index in [0.29, 0.717) is 18.3 Å². The third-order valence-electron chi connectivity index (χ3n) is 5.42. The molecule has 1 amide bonds. The standard InChI is InChI=1S/C22H31FN4O/c1-16(2)11-18-15-27(22(28)8-7-17-13-24-26(3)14-17)10-9-21(18)25-20-6-4-5-19(23)12-20/h4-6,12-14,16,18,21,25H,7-11,15H2,1-3H3/t18-,21+/m0/s1. The second-order valence-electron chi connectivity index (χ2n) is 8.30. The van der Waals surface area contributed by atoms with Crippen molar-refractivity contribution in [3.05, 3.63) is 48.0 Å². The first-order valence-electron chi connectivity index (χ1n) is 10.2. The van der Waals surface area contributed by atoms with Gasteiger partial charge in [0.1, 0.15) is 5.82 Å². The monoisotopic (exact) mass is 386 g/mol. The van der Waals surface area contributed by atoms with Crippen LogP contribution in [0.2, 0.25) is 0 Å². The van der Waals surface area contributed by atoms with E-state index in [2.05, 4.69) is 24.3 Å². The Morgan fingerprint density at radius 3 is 2.89 bits per heavy atom. The fraction of sp³-hybridized carbons (Fsp3) is 0.545. The van der Waals surface area contributed by atoms with Gasteiger partial charge in [0.15, 0.2) is 0 Å². The Bertz CT molecular complexity index is 788. The minimum Gasteiger partial charge on any atom is -0.382 e. The van der Waals surface area contributed by atoms with Crippen molar-refractivity contribution >= 4 is 11.6 Å². The Kier molecular flexibility index (Phi) is 6.70.